The molecule has 9 aromatic rings. The van der Waals surface area contributed by atoms with Crippen molar-refractivity contribution in [2.45, 2.75) is 59.3 Å². The zero-order chi connectivity index (χ0) is 43.9. The van der Waals surface area contributed by atoms with E-state index >= 15 is 0 Å². The van der Waals surface area contributed by atoms with Crippen LogP contribution in [0.3, 0.4) is 0 Å². The molecule has 312 valence electrons. The molecule has 5 heteroatoms. The molecule has 4 nitrogen and oxygen atoms in total. The van der Waals surface area contributed by atoms with Crippen LogP contribution < -0.4 is 31.1 Å². The minimum atomic E-state index is -0.0363. The highest BCUT2D eigenvalue weighted by molar-refractivity contribution is 7.00. The molecule has 8 aromatic carbocycles. The van der Waals surface area contributed by atoms with Crippen molar-refractivity contribution < 1.29 is 4.42 Å². The van der Waals surface area contributed by atoms with E-state index in [2.05, 4.69) is 239 Å². The first-order valence-electron chi connectivity index (χ1n) is 22.5. The highest BCUT2D eigenvalue weighted by atomic mass is 16.3. The van der Waals surface area contributed by atoms with E-state index in [1.54, 1.807) is 0 Å². The maximum atomic E-state index is 6.37. The summed E-state index contributed by atoms with van der Waals surface area (Å²) in [6.45, 7) is 16.1. The molecular weight excluding hydrogens is 777 g/mol. The van der Waals surface area contributed by atoms with Gasteiger partial charge in [-0.05, 0) is 154 Å². The van der Waals surface area contributed by atoms with Crippen LogP contribution in [-0.2, 0) is 10.8 Å². The van der Waals surface area contributed by atoms with Gasteiger partial charge >= 0.3 is 0 Å². The normalized spacial score (nSPS) is 13.1. The second-order valence-electron chi connectivity index (χ2n) is 19.6. The van der Waals surface area contributed by atoms with Gasteiger partial charge in [-0.3, -0.25) is 0 Å². The second-order valence-corrected chi connectivity index (χ2v) is 19.6. The van der Waals surface area contributed by atoms with Crippen molar-refractivity contribution in [3.63, 3.8) is 0 Å². The molecular formula is C59H52BN3O. The van der Waals surface area contributed by atoms with Gasteiger partial charge in [0.25, 0.3) is 6.71 Å². The summed E-state index contributed by atoms with van der Waals surface area (Å²) in [5.41, 5.74) is 20.1. The summed E-state index contributed by atoms with van der Waals surface area (Å²) in [5, 5.41) is 1.10. The third-order valence-electron chi connectivity index (χ3n) is 13.2. The predicted octanol–water partition coefficient (Wildman–Crippen LogP) is 14.6. The lowest BCUT2D eigenvalue weighted by Gasteiger charge is -2.45. The Morgan fingerprint density at radius 1 is 0.453 bits per heavy atom. The zero-order valence-corrected chi connectivity index (χ0v) is 37.7. The summed E-state index contributed by atoms with van der Waals surface area (Å²) in [5.74, 6) is 0.864. The van der Waals surface area contributed by atoms with E-state index in [0.29, 0.717) is 0 Å². The van der Waals surface area contributed by atoms with E-state index < -0.39 is 0 Å². The Balaban J connectivity index is 1.17. The van der Waals surface area contributed by atoms with Crippen molar-refractivity contribution in [3.8, 4) is 11.3 Å². The van der Waals surface area contributed by atoms with Crippen LogP contribution in [0.15, 0.2) is 192 Å². The van der Waals surface area contributed by atoms with Gasteiger partial charge in [-0.25, -0.2) is 0 Å². The van der Waals surface area contributed by atoms with Crippen molar-refractivity contribution in [3.05, 3.63) is 205 Å². The summed E-state index contributed by atoms with van der Waals surface area (Å²) >= 11 is 0. The van der Waals surface area contributed by atoms with Crippen molar-refractivity contribution >= 4 is 85.3 Å². The van der Waals surface area contributed by atoms with Gasteiger partial charge in [0.1, 0.15) is 11.3 Å². The molecule has 0 saturated carbocycles. The molecule has 0 amide bonds. The molecule has 0 aliphatic carbocycles. The minimum Gasteiger partial charge on any atom is -0.456 e. The van der Waals surface area contributed by atoms with Gasteiger partial charge in [0, 0.05) is 62.1 Å². The number of hydrogen-bond donors (Lipinski definition) is 0. The quantitative estimate of drug-likeness (QED) is 0.156. The van der Waals surface area contributed by atoms with Crippen molar-refractivity contribution in [2.24, 2.45) is 0 Å². The average Bonchev–Trinajstić information content (AvgIpc) is 3.74. The fourth-order valence-corrected chi connectivity index (χ4v) is 9.90. The molecule has 3 heterocycles. The first-order chi connectivity index (χ1) is 30.9. The Kier molecular flexibility index (Phi) is 9.25. The second kappa shape index (κ2) is 15.0. The van der Waals surface area contributed by atoms with Crippen LogP contribution in [-0.4, -0.2) is 6.71 Å². The van der Waals surface area contributed by atoms with Gasteiger partial charge in [0.15, 0.2) is 0 Å². The lowest BCUT2D eigenvalue weighted by Crippen LogP contribution is -2.61. The van der Waals surface area contributed by atoms with E-state index in [9.17, 15) is 0 Å². The largest absolute Gasteiger partial charge is 0.456 e. The topological polar surface area (TPSA) is 22.9 Å². The van der Waals surface area contributed by atoms with E-state index in [1.807, 2.05) is 12.1 Å². The van der Waals surface area contributed by atoms with Crippen LogP contribution in [0.5, 0.6) is 0 Å². The number of nitrogens with zero attached hydrogens (tertiary/aromatic N) is 3. The average molecular weight is 830 g/mol. The number of para-hydroxylation sites is 3. The smallest absolute Gasteiger partial charge is 0.252 e. The molecule has 2 aliphatic heterocycles. The van der Waals surface area contributed by atoms with E-state index in [4.69, 9.17) is 4.42 Å². The number of fused-ring (bicyclic) bond motifs is 5. The van der Waals surface area contributed by atoms with Gasteiger partial charge in [0.05, 0.1) is 0 Å². The summed E-state index contributed by atoms with van der Waals surface area (Å²) < 4.78 is 6.37. The van der Waals surface area contributed by atoms with Crippen molar-refractivity contribution in [1.82, 2.24) is 0 Å². The van der Waals surface area contributed by atoms with E-state index in [-0.39, 0.29) is 17.5 Å². The Morgan fingerprint density at radius 2 is 1.02 bits per heavy atom. The van der Waals surface area contributed by atoms with Crippen LogP contribution in [0.4, 0.5) is 51.2 Å². The molecule has 0 atom stereocenters. The molecule has 0 N–H and O–H groups in total. The van der Waals surface area contributed by atoms with Gasteiger partial charge in [-0.15, -0.1) is 0 Å². The van der Waals surface area contributed by atoms with Gasteiger partial charge in [-0.1, -0.05) is 126 Å². The fourth-order valence-electron chi connectivity index (χ4n) is 9.90. The molecule has 0 unspecified atom stereocenters. The number of anilines is 9. The summed E-state index contributed by atoms with van der Waals surface area (Å²) in [4.78, 5) is 7.40. The minimum absolute atomic E-state index is 0.00924. The van der Waals surface area contributed by atoms with Crippen molar-refractivity contribution in [1.29, 1.82) is 0 Å². The molecule has 11 rings (SSSR count). The lowest BCUT2D eigenvalue weighted by atomic mass is 9.33. The highest BCUT2D eigenvalue weighted by Crippen LogP contribution is 2.47. The molecule has 2 aliphatic rings. The third kappa shape index (κ3) is 6.70. The summed E-state index contributed by atoms with van der Waals surface area (Å²) in [6, 6.07) is 69.1. The van der Waals surface area contributed by atoms with E-state index in [0.717, 1.165) is 56.4 Å². The Labute approximate surface area is 378 Å². The molecule has 0 bridgehead atoms. The SMILES string of the molecule is Cc1cc2c3c(c1)N(c1ccc(-c4cc5ccccc5o4)cc1)c1cc(N(c4ccccc4)c4ccccc4)ccc1B3c1cc(C(C)(C)C)ccc1N2c1ccc(C(C)(C)C)cc1. The summed E-state index contributed by atoms with van der Waals surface area (Å²) in [7, 11) is 0. The molecule has 0 spiro atoms. The highest BCUT2D eigenvalue weighted by Gasteiger charge is 2.44. The maximum absolute atomic E-state index is 6.37. The van der Waals surface area contributed by atoms with Crippen LogP contribution >= 0.6 is 0 Å². The molecule has 0 radical (unpaired) electrons. The maximum Gasteiger partial charge on any atom is 0.252 e. The molecule has 64 heavy (non-hydrogen) atoms. The fraction of sp³-hybridized carbons (Fsp3) is 0.153. The van der Waals surface area contributed by atoms with Gasteiger partial charge in [0.2, 0.25) is 0 Å². The Bertz CT molecular complexity index is 3120. The molecule has 1 aromatic heterocycles. The van der Waals surface area contributed by atoms with Crippen LogP contribution in [0.25, 0.3) is 22.3 Å². The Morgan fingerprint density at radius 3 is 1.62 bits per heavy atom. The number of rotatable bonds is 6. The number of benzene rings is 8. The van der Waals surface area contributed by atoms with Crippen LogP contribution in [0.2, 0.25) is 0 Å². The third-order valence-corrected chi connectivity index (χ3v) is 13.2. The molecule has 0 saturated heterocycles. The van der Waals surface area contributed by atoms with E-state index in [1.165, 1.54) is 50.1 Å². The van der Waals surface area contributed by atoms with Gasteiger partial charge < -0.3 is 19.1 Å². The first-order valence-corrected chi connectivity index (χ1v) is 22.5. The van der Waals surface area contributed by atoms with Gasteiger partial charge in [-0.2, -0.15) is 0 Å². The standard InChI is InChI=1S/C59H52BN3O/c1-39-34-53-57-54(35-39)63(46-27-22-40(23-28-46)56-36-41-16-14-15-21-55(41)64-56)52-38-48(61(44-17-10-8-11-18-44)45-19-12-9-13-20-45)31-32-49(52)60(57)50-37-43(59(5,6)7)26-33-51(50)62(53)47-29-24-42(25-30-47)58(2,3)4/h8-38H,1-7H3. The van der Waals surface area contributed by atoms with Crippen LogP contribution in [0.1, 0.15) is 58.2 Å². The Hall–Kier alpha value is -7.24. The molecule has 0 fully saturated rings. The first kappa shape index (κ1) is 39.6. The number of furan rings is 1. The monoisotopic (exact) mass is 829 g/mol. The summed E-state index contributed by atoms with van der Waals surface area (Å²) in [6.07, 6.45) is 0. The number of aryl methyl sites for hydroxylation is 1. The zero-order valence-electron chi connectivity index (χ0n) is 37.7. The predicted molar refractivity (Wildman–Crippen MR) is 272 cm³/mol. The van der Waals surface area contributed by atoms with Crippen molar-refractivity contribution in [2.75, 3.05) is 14.7 Å². The lowest BCUT2D eigenvalue weighted by molar-refractivity contribution is 0.590. The van der Waals surface area contributed by atoms with Crippen LogP contribution in [0, 0.1) is 6.92 Å². The number of hydrogen-bond acceptors (Lipinski definition) is 4.